The lowest BCUT2D eigenvalue weighted by molar-refractivity contribution is -0.143. The summed E-state index contributed by atoms with van der Waals surface area (Å²) in [6, 6.07) is 3.38. The quantitative estimate of drug-likeness (QED) is 0.707. The molecular weight excluding hydrogens is 464 g/mol. The van der Waals surface area contributed by atoms with Gasteiger partial charge in [-0.2, -0.15) is 0 Å². The van der Waals surface area contributed by atoms with E-state index in [1.807, 2.05) is 32.4 Å². The first-order valence-electron chi connectivity index (χ1n) is 11.4. The lowest BCUT2D eigenvalue weighted by Crippen LogP contribution is -2.61. The number of nitrogens with one attached hydrogen (secondary N) is 1. The molecule has 184 valence electrons. The van der Waals surface area contributed by atoms with Gasteiger partial charge in [0.2, 0.25) is 5.91 Å². The molecule has 1 saturated heterocycles. The van der Waals surface area contributed by atoms with Crippen molar-refractivity contribution in [1.29, 1.82) is 0 Å². The van der Waals surface area contributed by atoms with Gasteiger partial charge in [-0.15, -0.1) is 0 Å². The van der Waals surface area contributed by atoms with Crippen LogP contribution in [0.25, 0.3) is 11.4 Å². The maximum Gasteiger partial charge on any atom is 0.272 e. The highest BCUT2D eigenvalue weighted by molar-refractivity contribution is 6.30. The highest BCUT2D eigenvalue weighted by atomic mass is 35.5. The van der Waals surface area contributed by atoms with Crippen molar-refractivity contribution >= 4 is 23.4 Å². The summed E-state index contributed by atoms with van der Waals surface area (Å²) in [4.78, 5) is 34.6. The van der Waals surface area contributed by atoms with Crippen LogP contribution in [-0.4, -0.2) is 70.1 Å². The van der Waals surface area contributed by atoms with Crippen LogP contribution in [0.15, 0.2) is 18.2 Å². The molecule has 2 aliphatic rings. The molecule has 1 N–H and O–H groups in total. The Kier molecular flexibility index (Phi) is 6.70. The van der Waals surface area contributed by atoms with E-state index in [4.69, 9.17) is 11.6 Å². The molecule has 2 aliphatic heterocycles. The fourth-order valence-corrected chi connectivity index (χ4v) is 4.58. The molecule has 3 heterocycles. The number of rotatable bonds is 4. The van der Waals surface area contributed by atoms with Crippen molar-refractivity contribution in [3.63, 3.8) is 0 Å². The summed E-state index contributed by atoms with van der Waals surface area (Å²) >= 11 is 6.13. The number of carbonyl (C=O) groups excluding carboxylic acids is 2. The Balaban J connectivity index is 1.73. The molecular formula is C24H30ClF2N5O2. The molecule has 0 radical (unpaired) electrons. The number of hydrogen-bond acceptors (Lipinski definition) is 4. The number of hydrogen-bond donors (Lipinski definition) is 1. The number of halogens is 3. The number of aromatic nitrogens is 2. The zero-order valence-corrected chi connectivity index (χ0v) is 20.6. The predicted octanol–water partition coefficient (Wildman–Crippen LogP) is 3.50. The number of carbonyl (C=O) groups is 2. The van der Waals surface area contributed by atoms with E-state index in [0.29, 0.717) is 29.6 Å². The van der Waals surface area contributed by atoms with Crippen LogP contribution < -0.4 is 5.32 Å². The predicted molar refractivity (Wildman–Crippen MR) is 126 cm³/mol. The fourth-order valence-electron chi connectivity index (χ4n) is 4.41. The largest absolute Gasteiger partial charge is 0.338 e. The Labute approximate surface area is 203 Å². The first-order chi connectivity index (χ1) is 16.0. The van der Waals surface area contributed by atoms with Gasteiger partial charge in [-0.3, -0.25) is 9.59 Å². The minimum Gasteiger partial charge on any atom is -0.338 e. The average molecular weight is 494 g/mol. The number of likely N-dealkylation sites (tertiary alicyclic amines) is 1. The number of fused-ring (bicyclic) bond motifs is 1. The molecule has 34 heavy (non-hydrogen) atoms. The van der Waals surface area contributed by atoms with E-state index in [9.17, 15) is 18.4 Å². The van der Waals surface area contributed by atoms with Crippen molar-refractivity contribution in [2.45, 2.75) is 52.5 Å². The third kappa shape index (κ3) is 4.81. The van der Waals surface area contributed by atoms with Gasteiger partial charge in [-0.25, -0.2) is 13.8 Å². The first-order valence-corrected chi connectivity index (χ1v) is 11.8. The number of nitrogens with zero attached hydrogens (tertiary/aromatic N) is 4. The van der Waals surface area contributed by atoms with Crippen molar-refractivity contribution in [2.24, 2.45) is 5.41 Å². The molecule has 0 spiro atoms. The van der Waals surface area contributed by atoms with E-state index in [2.05, 4.69) is 15.2 Å². The van der Waals surface area contributed by atoms with E-state index in [1.165, 1.54) is 23.1 Å². The van der Waals surface area contributed by atoms with Gasteiger partial charge in [0.15, 0.2) is 5.69 Å². The van der Waals surface area contributed by atoms with Crippen LogP contribution >= 0.6 is 11.6 Å². The van der Waals surface area contributed by atoms with E-state index >= 15 is 0 Å². The first kappa shape index (κ1) is 24.6. The molecule has 1 aromatic heterocycles. The van der Waals surface area contributed by atoms with Gasteiger partial charge in [0.05, 0.1) is 24.3 Å². The number of benzene rings is 1. The minimum atomic E-state index is -1.03. The van der Waals surface area contributed by atoms with Gasteiger partial charge in [0.1, 0.15) is 23.9 Å². The molecule has 0 aliphatic carbocycles. The standard InChI is InChI=1S/C24H30ClF2N5O2/c1-24(2,3)20(23(34)31-11-15(26)12-31)29-22(33)19-18-13-30(4)8-5-9-32(18)21(28-19)16-10-14(25)6-7-17(16)27/h6-7,10,15,20H,5,8-9,11-13H2,1-4H3,(H,29,33)/t20-/m1/s1. The summed E-state index contributed by atoms with van der Waals surface area (Å²) in [7, 11) is 1.95. The van der Waals surface area contributed by atoms with Crippen molar-refractivity contribution in [3.8, 4) is 11.4 Å². The van der Waals surface area contributed by atoms with Crippen LogP contribution in [0.3, 0.4) is 0 Å². The summed E-state index contributed by atoms with van der Waals surface area (Å²) < 4.78 is 30.0. The smallest absolute Gasteiger partial charge is 0.272 e. The summed E-state index contributed by atoms with van der Waals surface area (Å²) in [5.74, 6) is -0.989. The summed E-state index contributed by atoms with van der Waals surface area (Å²) in [5, 5.41) is 3.21. The SMILES string of the molecule is CN1CCCn2c(-c3cc(Cl)ccc3F)nc(C(=O)N[C@H](C(=O)N3CC(F)C3)C(C)(C)C)c2C1. The number of alkyl halides is 1. The van der Waals surface area contributed by atoms with Gasteiger partial charge < -0.3 is 19.7 Å². The zero-order valence-electron chi connectivity index (χ0n) is 19.9. The Morgan fingerprint density at radius 3 is 2.59 bits per heavy atom. The second kappa shape index (κ2) is 9.26. The highest BCUT2D eigenvalue weighted by Crippen LogP contribution is 2.31. The van der Waals surface area contributed by atoms with E-state index < -0.39 is 29.4 Å². The van der Waals surface area contributed by atoms with Crippen molar-refractivity contribution in [3.05, 3.63) is 40.4 Å². The lowest BCUT2D eigenvalue weighted by atomic mass is 9.85. The van der Waals surface area contributed by atoms with E-state index in [-0.39, 0.29) is 30.3 Å². The van der Waals surface area contributed by atoms with Crippen LogP contribution in [0.5, 0.6) is 0 Å². The lowest BCUT2D eigenvalue weighted by Gasteiger charge is -2.40. The van der Waals surface area contributed by atoms with Crippen LogP contribution in [0.1, 0.15) is 43.4 Å². The molecule has 10 heteroatoms. The molecule has 4 rings (SSSR count). The van der Waals surface area contributed by atoms with Gasteiger partial charge >= 0.3 is 0 Å². The van der Waals surface area contributed by atoms with Crippen molar-refractivity contribution < 1.29 is 18.4 Å². The number of amides is 2. The van der Waals surface area contributed by atoms with E-state index in [0.717, 1.165) is 13.0 Å². The summed E-state index contributed by atoms with van der Waals surface area (Å²) in [6.07, 6.45) is -0.228. The molecule has 0 saturated carbocycles. The van der Waals surface area contributed by atoms with Crippen LogP contribution in [0, 0.1) is 11.2 Å². The fraction of sp³-hybridized carbons (Fsp3) is 0.542. The molecule has 2 amide bonds. The molecule has 0 bridgehead atoms. The Morgan fingerprint density at radius 1 is 1.24 bits per heavy atom. The van der Waals surface area contributed by atoms with Crippen LogP contribution in [0.4, 0.5) is 8.78 Å². The molecule has 1 aromatic carbocycles. The molecule has 0 unspecified atom stereocenters. The summed E-state index contributed by atoms with van der Waals surface area (Å²) in [6.45, 7) is 7.41. The molecule has 1 atom stereocenters. The van der Waals surface area contributed by atoms with Crippen LogP contribution in [-0.2, 0) is 17.9 Å². The maximum absolute atomic E-state index is 14.7. The van der Waals surface area contributed by atoms with Gasteiger partial charge in [0.25, 0.3) is 5.91 Å². The van der Waals surface area contributed by atoms with Gasteiger partial charge in [-0.1, -0.05) is 32.4 Å². The third-order valence-corrected chi connectivity index (χ3v) is 6.57. The van der Waals surface area contributed by atoms with E-state index in [1.54, 1.807) is 0 Å². The van der Waals surface area contributed by atoms with Gasteiger partial charge in [0, 0.05) is 18.1 Å². The normalized spacial score (nSPS) is 18.1. The number of imidazole rings is 1. The monoisotopic (exact) mass is 493 g/mol. The highest BCUT2D eigenvalue weighted by Gasteiger charge is 2.41. The molecule has 2 aromatic rings. The topological polar surface area (TPSA) is 70.5 Å². The minimum absolute atomic E-state index is 0.0319. The summed E-state index contributed by atoms with van der Waals surface area (Å²) in [5.41, 5.74) is 0.413. The zero-order chi connectivity index (χ0) is 24.8. The molecule has 1 fully saturated rings. The second-order valence-corrected chi connectivity index (χ2v) is 10.6. The van der Waals surface area contributed by atoms with Crippen LogP contribution in [0.2, 0.25) is 5.02 Å². The Morgan fingerprint density at radius 2 is 1.94 bits per heavy atom. The maximum atomic E-state index is 14.7. The Bertz CT molecular complexity index is 1110. The van der Waals surface area contributed by atoms with Crippen molar-refractivity contribution in [2.75, 3.05) is 26.7 Å². The Hall–Kier alpha value is -2.52. The van der Waals surface area contributed by atoms with Gasteiger partial charge in [-0.05, 0) is 43.6 Å². The average Bonchev–Trinajstić information content (AvgIpc) is 2.96. The van der Waals surface area contributed by atoms with Crippen molar-refractivity contribution in [1.82, 2.24) is 24.7 Å². The third-order valence-electron chi connectivity index (χ3n) is 6.34. The second-order valence-electron chi connectivity index (χ2n) is 10.2. The molecule has 7 nitrogen and oxygen atoms in total.